The van der Waals surface area contributed by atoms with Crippen LogP contribution in [0.4, 0.5) is 0 Å². The van der Waals surface area contributed by atoms with E-state index >= 15 is 0 Å². The Morgan fingerprint density at radius 3 is 2.68 bits per heavy atom. The maximum atomic E-state index is 13.1. The van der Waals surface area contributed by atoms with Gasteiger partial charge in [-0.05, 0) is 74.6 Å². The van der Waals surface area contributed by atoms with E-state index in [4.69, 9.17) is 9.47 Å². The van der Waals surface area contributed by atoms with Crippen LogP contribution in [-0.4, -0.2) is 59.1 Å². The van der Waals surface area contributed by atoms with E-state index in [0.717, 1.165) is 34.9 Å². The summed E-state index contributed by atoms with van der Waals surface area (Å²) in [7, 11) is 0. The molecular weight excluding hydrogens is 484 g/mol. The number of allylic oxidation sites excluding steroid dienone is 1. The Kier molecular flexibility index (Phi) is 9.12. The zero-order valence-electron chi connectivity index (χ0n) is 22.6. The number of carbonyl (C=O) groups excluding carboxylic acids is 3. The van der Waals surface area contributed by atoms with Crippen LogP contribution < -0.4 is 10.7 Å². The summed E-state index contributed by atoms with van der Waals surface area (Å²) in [4.78, 5) is 43.6. The van der Waals surface area contributed by atoms with Crippen molar-refractivity contribution in [3.05, 3.63) is 47.8 Å². The minimum atomic E-state index is -0.775. The van der Waals surface area contributed by atoms with Crippen molar-refractivity contribution in [1.82, 2.24) is 20.7 Å². The number of hydrazine groups is 1. The predicted molar refractivity (Wildman–Crippen MR) is 145 cm³/mol. The molecule has 2 amide bonds. The summed E-state index contributed by atoms with van der Waals surface area (Å²) >= 11 is 0. The third-order valence-corrected chi connectivity index (χ3v) is 6.96. The lowest BCUT2D eigenvalue weighted by Crippen LogP contribution is -2.60. The molecule has 4 rings (SSSR count). The normalized spacial score (nSPS) is 27.1. The van der Waals surface area contributed by atoms with Gasteiger partial charge in [0.2, 0.25) is 5.91 Å². The standard InChI is InChI=1S/C29H38N4O5/c1-18(2)26-27(34)31-19(3)28(35)33-13-8-10-25(32-33)29(36)38-20(4)21-11-12-22-17-30-24(16-23(22)15-21)9-6-5-7-14-37-26/h6,9,11-12,15-20,25-26,32H,5,7-8,10,13-14H2,1-4H3,(H,31,34)/b9-6+/t19-,20+,25-,26-/m0/s1. The molecule has 2 aliphatic rings. The van der Waals surface area contributed by atoms with E-state index < -0.39 is 30.3 Å². The van der Waals surface area contributed by atoms with Gasteiger partial charge < -0.3 is 14.8 Å². The minimum absolute atomic E-state index is 0.0562. The number of amides is 2. The van der Waals surface area contributed by atoms with Crippen LogP contribution in [0, 0.1) is 5.92 Å². The van der Waals surface area contributed by atoms with Gasteiger partial charge in [0.25, 0.3) is 5.91 Å². The van der Waals surface area contributed by atoms with Crippen molar-refractivity contribution in [3.63, 3.8) is 0 Å². The lowest BCUT2D eigenvalue weighted by Gasteiger charge is -2.35. The maximum Gasteiger partial charge on any atom is 0.325 e. The molecule has 1 saturated heterocycles. The molecule has 1 fully saturated rings. The highest BCUT2D eigenvalue weighted by Gasteiger charge is 2.33. The number of esters is 1. The van der Waals surface area contributed by atoms with Gasteiger partial charge in [-0.2, -0.15) is 0 Å². The average molecular weight is 523 g/mol. The number of benzene rings is 1. The predicted octanol–water partition coefficient (Wildman–Crippen LogP) is 3.69. The smallest absolute Gasteiger partial charge is 0.325 e. The van der Waals surface area contributed by atoms with Crippen LogP contribution in [0.1, 0.15) is 70.7 Å². The molecule has 3 heterocycles. The number of hydrogen-bond acceptors (Lipinski definition) is 7. The lowest BCUT2D eigenvalue weighted by atomic mass is 10.0. The van der Waals surface area contributed by atoms with Gasteiger partial charge in [-0.15, -0.1) is 0 Å². The van der Waals surface area contributed by atoms with Gasteiger partial charge in [-0.3, -0.25) is 24.4 Å². The Hall–Kier alpha value is -3.30. The molecule has 2 aromatic rings. The summed E-state index contributed by atoms with van der Waals surface area (Å²) in [6.45, 7) is 8.19. The summed E-state index contributed by atoms with van der Waals surface area (Å²) in [6.07, 6.45) is 7.45. The van der Waals surface area contributed by atoms with Crippen LogP contribution in [0.25, 0.3) is 16.8 Å². The number of rotatable bonds is 1. The molecule has 0 spiro atoms. The molecule has 1 aromatic heterocycles. The van der Waals surface area contributed by atoms with E-state index in [1.807, 2.05) is 63.4 Å². The van der Waals surface area contributed by atoms with Crippen LogP contribution in [0.15, 0.2) is 36.5 Å². The third kappa shape index (κ3) is 6.76. The highest BCUT2D eigenvalue weighted by molar-refractivity contribution is 5.89. The molecule has 9 heteroatoms. The molecule has 204 valence electrons. The van der Waals surface area contributed by atoms with E-state index in [0.29, 0.717) is 26.0 Å². The van der Waals surface area contributed by atoms with Gasteiger partial charge in [0.15, 0.2) is 0 Å². The van der Waals surface area contributed by atoms with Gasteiger partial charge in [0, 0.05) is 24.7 Å². The van der Waals surface area contributed by atoms with Crippen LogP contribution in [0.3, 0.4) is 0 Å². The molecular formula is C29H38N4O5. The summed E-state index contributed by atoms with van der Waals surface area (Å²) in [5.74, 6) is -1.10. The summed E-state index contributed by atoms with van der Waals surface area (Å²) in [5.41, 5.74) is 4.73. The fourth-order valence-electron chi connectivity index (χ4n) is 4.74. The van der Waals surface area contributed by atoms with E-state index in [-0.39, 0.29) is 17.7 Å². The van der Waals surface area contributed by atoms with Crippen molar-refractivity contribution < 1.29 is 23.9 Å². The zero-order valence-corrected chi connectivity index (χ0v) is 22.6. The molecule has 0 saturated carbocycles. The topological polar surface area (TPSA) is 110 Å². The largest absolute Gasteiger partial charge is 0.457 e. The second kappa shape index (κ2) is 12.5. The van der Waals surface area contributed by atoms with Crippen molar-refractivity contribution in [1.29, 1.82) is 0 Å². The zero-order chi connectivity index (χ0) is 27.2. The molecule has 2 aliphatic heterocycles. The Balaban J connectivity index is 1.58. The highest BCUT2D eigenvalue weighted by atomic mass is 16.5. The van der Waals surface area contributed by atoms with Gasteiger partial charge in [0.1, 0.15) is 24.3 Å². The number of aromatic nitrogens is 1. The number of ether oxygens (including phenoxy) is 2. The Labute approximate surface area is 223 Å². The number of hydrogen-bond donors (Lipinski definition) is 2. The van der Waals surface area contributed by atoms with Crippen molar-refractivity contribution >= 4 is 34.6 Å². The Morgan fingerprint density at radius 1 is 1.08 bits per heavy atom. The highest BCUT2D eigenvalue weighted by Crippen LogP contribution is 2.24. The summed E-state index contributed by atoms with van der Waals surface area (Å²) in [6, 6.07) is 6.53. The first-order valence-corrected chi connectivity index (χ1v) is 13.5. The third-order valence-electron chi connectivity index (χ3n) is 6.96. The van der Waals surface area contributed by atoms with E-state index in [2.05, 4.69) is 15.7 Å². The number of nitrogens with zero attached hydrogens (tertiary/aromatic N) is 2. The molecule has 38 heavy (non-hydrogen) atoms. The number of pyridine rings is 1. The first-order chi connectivity index (χ1) is 18.2. The lowest BCUT2D eigenvalue weighted by molar-refractivity contribution is -0.157. The molecule has 1 aromatic carbocycles. The number of fused-ring (bicyclic) bond motifs is 4. The fourth-order valence-corrected chi connectivity index (χ4v) is 4.74. The molecule has 9 nitrogen and oxygen atoms in total. The Morgan fingerprint density at radius 2 is 1.89 bits per heavy atom. The first kappa shape index (κ1) is 27.7. The summed E-state index contributed by atoms with van der Waals surface area (Å²) < 4.78 is 11.7. The van der Waals surface area contributed by atoms with Crippen LogP contribution in [0.5, 0.6) is 0 Å². The monoisotopic (exact) mass is 522 g/mol. The Bertz CT molecular complexity index is 1200. The van der Waals surface area contributed by atoms with Crippen molar-refractivity contribution in [2.75, 3.05) is 13.2 Å². The molecule has 2 N–H and O–H groups in total. The average Bonchev–Trinajstić information content (AvgIpc) is 2.90. The van der Waals surface area contributed by atoms with E-state index in [1.54, 1.807) is 6.92 Å². The van der Waals surface area contributed by atoms with Gasteiger partial charge in [0.05, 0.1) is 5.69 Å². The van der Waals surface area contributed by atoms with E-state index in [1.165, 1.54) is 5.01 Å². The minimum Gasteiger partial charge on any atom is -0.457 e. The molecule has 0 aliphatic carbocycles. The van der Waals surface area contributed by atoms with E-state index in [9.17, 15) is 14.4 Å². The molecule has 0 radical (unpaired) electrons. The molecule has 0 unspecified atom stereocenters. The first-order valence-electron chi connectivity index (χ1n) is 13.5. The molecule has 4 atom stereocenters. The fraction of sp³-hybridized carbons (Fsp3) is 0.517. The van der Waals surface area contributed by atoms with Gasteiger partial charge >= 0.3 is 5.97 Å². The van der Waals surface area contributed by atoms with Crippen molar-refractivity contribution in [3.8, 4) is 0 Å². The number of carbonyl (C=O) groups is 3. The van der Waals surface area contributed by atoms with Crippen LogP contribution in [0.2, 0.25) is 0 Å². The van der Waals surface area contributed by atoms with Crippen molar-refractivity contribution in [2.45, 2.75) is 77.7 Å². The van der Waals surface area contributed by atoms with Crippen molar-refractivity contribution in [2.24, 2.45) is 5.92 Å². The quantitative estimate of drug-likeness (QED) is 0.550. The van der Waals surface area contributed by atoms with Crippen LogP contribution in [-0.2, 0) is 23.9 Å². The summed E-state index contributed by atoms with van der Waals surface area (Å²) in [5, 5.41) is 6.22. The molecule has 5 bridgehead atoms. The second-order valence-corrected chi connectivity index (χ2v) is 10.4. The SMILES string of the molecule is CC(C)[C@@H]1OCCC/C=C/c2cc3cc(ccc3cn2)[C@@H](C)OC(=O)[C@@H]2CCCN(N2)C(=O)[C@H](C)NC1=O. The van der Waals surface area contributed by atoms with Gasteiger partial charge in [-0.1, -0.05) is 32.1 Å². The number of nitrogens with one attached hydrogen (secondary N) is 2. The van der Waals surface area contributed by atoms with Gasteiger partial charge in [-0.25, -0.2) is 5.43 Å². The number of cyclic esters (lactones) is 1. The maximum absolute atomic E-state index is 13.1. The van der Waals surface area contributed by atoms with Crippen LogP contribution >= 0.6 is 0 Å². The second-order valence-electron chi connectivity index (χ2n) is 10.4.